The number of aromatic nitrogens is 4. The number of halogens is 1. The molecule has 0 amide bonds. The molecular weight excluding hydrogens is 1070 g/mol. The molecular formula is C62H55FIrN4SSi-2. The predicted molar refractivity (Wildman–Crippen MR) is 293 cm³/mol. The zero-order valence-electron chi connectivity index (χ0n) is 42.0. The summed E-state index contributed by atoms with van der Waals surface area (Å²) in [5.74, 6) is -0.0935. The first kappa shape index (κ1) is 47.3. The first-order chi connectivity index (χ1) is 33.4. The summed E-state index contributed by atoms with van der Waals surface area (Å²) in [5, 5.41) is 5.24. The molecule has 0 saturated carbocycles. The molecule has 0 atom stereocenters. The van der Waals surface area contributed by atoms with Gasteiger partial charge in [0.1, 0.15) is 10.6 Å². The minimum atomic E-state index is -1.50. The van der Waals surface area contributed by atoms with Gasteiger partial charge in [-0.15, -0.1) is 54.1 Å². The second kappa shape index (κ2) is 19.4. The average Bonchev–Trinajstić information content (AvgIpc) is 3.92. The second-order valence-corrected chi connectivity index (χ2v) is 26.2. The van der Waals surface area contributed by atoms with Crippen molar-refractivity contribution >= 4 is 66.7 Å². The molecule has 0 bridgehead atoms. The van der Waals surface area contributed by atoms with Gasteiger partial charge in [-0.05, 0) is 104 Å². The van der Waals surface area contributed by atoms with Gasteiger partial charge < -0.3 is 9.55 Å². The second-order valence-electron chi connectivity index (χ2n) is 20.1. The van der Waals surface area contributed by atoms with Crippen LogP contribution in [0.2, 0.25) is 19.6 Å². The van der Waals surface area contributed by atoms with Crippen molar-refractivity contribution in [2.24, 2.45) is 0 Å². The van der Waals surface area contributed by atoms with E-state index in [2.05, 4.69) is 165 Å². The molecule has 11 rings (SSSR count). The SMILES string of the molecule is Cc1ccc2c(n1)sc1c(-c3nc4c5ccc(F)cc5ccc4n3-c3c(-c4ccccc4)cc(C(C)(C)C)cc3-c3ccccc3)[c-]ccc12.[2H]C(C)(C)c1cc(-c2[c-]cccc2)ncc1[Si](C)(C)C.[Ir]. The Balaban J connectivity index is 0.000000251. The molecule has 4 heterocycles. The van der Waals surface area contributed by atoms with Crippen molar-refractivity contribution < 1.29 is 25.9 Å². The van der Waals surface area contributed by atoms with Crippen LogP contribution < -0.4 is 5.19 Å². The molecule has 4 aromatic heterocycles. The number of pyridine rings is 2. The van der Waals surface area contributed by atoms with Crippen molar-refractivity contribution in [3.05, 3.63) is 199 Å². The maximum atomic E-state index is 14.5. The maximum absolute atomic E-state index is 14.5. The minimum absolute atomic E-state index is 0. The Hall–Kier alpha value is -6.41. The van der Waals surface area contributed by atoms with Crippen molar-refractivity contribution in [2.45, 2.75) is 72.5 Å². The van der Waals surface area contributed by atoms with E-state index in [1.807, 2.05) is 69.4 Å². The van der Waals surface area contributed by atoms with E-state index >= 15 is 0 Å². The van der Waals surface area contributed by atoms with Gasteiger partial charge >= 0.3 is 0 Å². The average molecular weight is 1130 g/mol. The van der Waals surface area contributed by atoms with E-state index in [0.29, 0.717) is 0 Å². The summed E-state index contributed by atoms with van der Waals surface area (Å²) in [7, 11) is -1.50. The third kappa shape index (κ3) is 9.34. The van der Waals surface area contributed by atoms with E-state index in [4.69, 9.17) is 11.3 Å². The Morgan fingerprint density at radius 3 is 2.01 bits per heavy atom. The molecule has 0 unspecified atom stereocenters. The number of aryl methyl sites for hydroxylation is 1. The summed E-state index contributed by atoms with van der Waals surface area (Å²) in [6.45, 7) is 19.6. The fourth-order valence-electron chi connectivity index (χ4n) is 9.27. The van der Waals surface area contributed by atoms with Crippen LogP contribution in [0.1, 0.15) is 58.7 Å². The van der Waals surface area contributed by atoms with Crippen molar-refractivity contribution in [1.29, 1.82) is 0 Å². The van der Waals surface area contributed by atoms with Gasteiger partial charge in [-0.3, -0.25) is 4.98 Å². The number of hydrogen-bond donors (Lipinski definition) is 0. The zero-order valence-corrected chi connectivity index (χ0v) is 45.2. The number of fused-ring (bicyclic) bond motifs is 6. The first-order valence-electron chi connectivity index (χ1n) is 24.0. The summed E-state index contributed by atoms with van der Waals surface area (Å²) in [4.78, 5) is 16.0. The molecule has 0 fully saturated rings. The van der Waals surface area contributed by atoms with Crippen LogP contribution in [0, 0.1) is 24.9 Å². The summed E-state index contributed by atoms with van der Waals surface area (Å²) in [5.41, 5.74) is 13.3. The largest absolute Gasteiger partial charge is 0.332 e. The van der Waals surface area contributed by atoms with Gasteiger partial charge in [0.2, 0.25) is 0 Å². The predicted octanol–water partition coefficient (Wildman–Crippen LogP) is 16.7. The molecule has 4 nitrogen and oxygen atoms in total. The fourth-order valence-corrected chi connectivity index (χ4v) is 12.1. The van der Waals surface area contributed by atoms with E-state index in [-0.39, 0.29) is 31.3 Å². The van der Waals surface area contributed by atoms with Gasteiger partial charge in [0.15, 0.2) is 0 Å². The molecule has 8 heteroatoms. The third-order valence-electron chi connectivity index (χ3n) is 12.9. The monoisotopic (exact) mass is 1130 g/mol. The quantitative estimate of drug-likeness (QED) is 0.118. The maximum Gasteiger partial charge on any atom is 0.123 e. The fraction of sp³-hybridized carbons (Fsp3) is 0.177. The van der Waals surface area contributed by atoms with Crippen LogP contribution in [-0.4, -0.2) is 27.6 Å². The van der Waals surface area contributed by atoms with E-state index in [1.54, 1.807) is 17.4 Å². The minimum Gasteiger partial charge on any atom is -0.332 e. The molecule has 0 N–H and O–H groups in total. The van der Waals surface area contributed by atoms with Crippen molar-refractivity contribution in [3.63, 3.8) is 0 Å². The standard InChI is InChI=1S/C45H33FN3S.C17H22NSi.Ir/c1-27-18-21-35-34-16-11-17-36(42(34)50-44(35)47-27)43-48-40-33-22-20-32(46)24-30(33)19-23-39(40)49(43)41-37(28-12-7-5-8-13-28)25-31(45(2,3)4)26-38(41)29-14-9-6-10-15-29;1-13(2)15-11-16(14-9-7-6-8-10-14)18-12-17(15)19(3,4)5;/h5-16,18-26H,1-4H3;6-9,11-13H,1-5H3;/q2*-1;/i;13D;. The van der Waals surface area contributed by atoms with Gasteiger partial charge in [-0.2, -0.15) is 11.3 Å². The van der Waals surface area contributed by atoms with Gasteiger partial charge in [-0.25, -0.2) is 9.37 Å². The molecule has 0 aliphatic carbocycles. The summed E-state index contributed by atoms with van der Waals surface area (Å²) >= 11 is 1.68. The number of benzene rings is 7. The van der Waals surface area contributed by atoms with Crippen LogP contribution in [0.25, 0.3) is 92.7 Å². The smallest absolute Gasteiger partial charge is 0.123 e. The van der Waals surface area contributed by atoms with Crippen molar-refractivity contribution in [2.75, 3.05) is 0 Å². The van der Waals surface area contributed by atoms with Gasteiger partial charge in [0.25, 0.3) is 0 Å². The first-order valence-corrected chi connectivity index (χ1v) is 27.9. The molecule has 0 spiro atoms. The molecule has 0 saturated heterocycles. The van der Waals surface area contributed by atoms with Crippen molar-refractivity contribution in [1.82, 2.24) is 19.5 Å². The zero-order chi connectivity index (χ0) is 49.1. The summed E-state index contributed by atoms with van der Waals surface area (Å²) in [6, 6.07) is 60.1. The Morgan fingerprint density at radius 2 is 1.39 bits per heavy atom. The molecule has 0 aliphatic heterocycles. The molecule has 7 aromatic carbocycles. The number of nitrogens with zero attached hydrogens (tertiary/aromatic N) is 4. The number of hydrogen-bond acceptors (Lipinski definition) is 4. The Kier molecular flexibility index (Phi) is 13.1. The van der Waals surface area contributed by atoms with Crippen LogP contribution in [0.5, 0.6) is 0 Å². The normalized spacial score (nSPS) is 12.2. The van der Waals surface area contributed by atoms with Crippen LogP contribution in [0.3, 0.4) is 0 Å². The molecule has 351 valence electrons. The van der Waals surface area contributed by atoms with Crippen LogP contribution in [0.15, 0.2) is 164 Å². The molecule has 70 heavy (non-hydrogen) atoms. The Morgan fingerprint density at radius 1 is 0.714 bits per heavy atom. The molecule has 0 aliphatic rings. The van der Waals surface area contributed by atoms with E-state index in [1.165, 1.54) is 16.8 Å². The van der Waals surface area contributed by atoms with Gasteiger partial charge in [0, 0.05) is 49.9 Å². The summed E-state index contributed by atoms with van der Waals surface area (Å²) < 4.78 is 26.4. The van der Waals surface area contributed by atoms with E-state index < -0.39 is 14.0 Å². The van der Waals surface area contributed by atoms with Crippen LogP contribution in [-0.2, 0) is 25.5 Å². The van der Waals surface area contributed by atoms with Crippen LogP contribution >= 0.6 is 11.3 Å². The molecule has 1 radical (unpaired) electrons. The van der Waals surface area contributed by atoms with Gasteiger partial charge in [0.05, 0.1) is 30.6 Å². The Labute approximate surface area is 431 Å². The van der Waals surface area contributed by atoms with E-state index in [9.17, 15) is 4.39 Å². The number of thiophene rings is 1. The summed E-state index contributed by atoms with van der Waals surface area (Å²) in [6.07, 6.45) is 1.98. The topological polar surface area (TPSA) is 43.6 Å². The van der Waals surface area contributed by atoms with Gasteiger partial charge in [-0.1, -0.05) is 150 Å². The third-order valence-corrected chi connectivity index (χ3v) is 16.0. The Bertz CT molecular complexity index is 3680. The molecule has 11 aromatic rings. The van der Waals surface area contributed by atoms with E-state index in [0.717, 1.165) is 104 Å². The number of rotatable bonds is 7. The van der Waals surface area contributed by atoms with Crippen molar-refractivity contribution in [3.8, 4) is 50.6 Å². The number of imidazole rings is 1. The van der Waals surface area contributed by atoms with Crippen LogP contribution in [0.4, 0.5) is 4.39 Å².